The molecule has 1 aromatic carbocycles. The molecule has 0 aliphatic carbocycles. The number of hydrogen-bond donors (Lipinski definition) is 1. The predicted molar refractivity (Wildman–Crippen MR) is 121 cm³/mol. The molecule has 34 heavy (non-hydrogen) atoms. The van der Waals surface area contributed by atoms with E-state index in [4.69, 9.17) is 9.59 Å². The Morgan fingerprint density at radius 1 is 0.912 bits per heavy atom. The van der Waals surface area contributed by atoms with Crippen molar-refractivity contribution >= 4 is 17.8 Å². The van der Waals surface area contributed by atoms with Gasteiger partial charge in [-0.3, -0.25) is 4.98 Å². The van der Waals surface area contributed by atoms with Crippen molar-refractivity contribution in [2.24, 2.45) is 0 Å². The first kappa shape index (κ1) is 24.9. The Hall–Kier alpha value is -3.75. The van der Waals surface area contributed by atoms with Crippen molar-refractivity contribution in [3.63, 3.8) is 0 Å². The zero-order valence-corrected chi connectivity index (χ0v) is 18.5. The number of benzene rings is 1. The van der Waals surface area contributed by atoms with Crippen molar-refractivity contribution in [3.05, 3.63) is 60.7 Å². The molecule has 0 amide bonds. The average Bonchev–Trinajstić information content (AvgIpc) is 2.85. The lowest BCUT2D eigenvalue weighted by molar-refractivity contribution is -0.191. The Balaban J connectivity index is 0.00000103. The van der Waals surface area contributed by atoms with Crippen LogP contribution in [-0.2, 0) is 16.0 Å². The van der Waals surface area contributed by atoms with Gasteiger partial charge in [0.25, 0.3) is 0 Å². The first-order valence-corrected chi connectivity index (χ1v) is 10.9. The van der Waals surface area contributed by atoms with Gasteiger partial charge in [-0.05, 0) is 55.8 Å². The van der Waals surface area contributed by atoms with E-state index < -0.39 is 6.61 Å². The van der Waals surface area contributed by atoms with Crippen LogP contribution in [0.1, 0.15) is 25.0 Å². The third-order valence-corrected chi connectivity index (χ3v) is 5.28. The highest BCUT2D eigenvalue weighted by Gasteiger charge is 2.10. The molecule has 1 fully saturated rings. The third kappa shape index (κ3) is 7.99. The SMILES string of the molecule is FC(F)Oc1ccc(-c2cnc(Nc3ccc(CCN4CCCCC4)nc3)nc2)cc1.O=C=O. The Bertz CT molecular complexity index is 1040. The molecular weight excluding hydrogens is 444 g/mol. The van der Waals surface area contributed by atoms with E-state index in [1.165, 1.54) is 44.5 Å². The number of pyridine rings is 1. The van der Waals surface area contributed by atoms with E-state index in [-0.39, 0.29) is 11.9 Å². The first-order chi connectivity index (χ1) is 16.6. The highest BCUT2D eigenvalue weighted by molar-refractivity contribution is 5.63. The zero-order valence-electron chi connectivity index (χ0n) is 18.5. The maximum atomic E-state index is 12.2. The molecular formula is C24H25F2N5O3. The molecule has 0 saturated carbocycles. The largest absolute Gasteiger partial charge is 0.435 e. The maximum absolute atomic E-state index is 12.2. The average molecular weight is 469 g/mol. The van der Waals surface area contributed by atoms with Gasteiger partial charge in [0.1, 0.15) is 5.75 Å². The predicted octanol–water partition coefficient (Wildman–Crippen LogP) is 4.33. The van der Waals surface area contributed by atoms with Crippen LogP contribution >= 0.6 is 0 Å². The standard InChI is InChI=1S/C23H25F2N5O.CO2/c24-22(25)31-21-8-4-17(5-9-21)18-14-27-23(28-15-18)29-20-7-6-19(26-16-20)10-13-30-11-2-1-3-12-30;2-1-3/h4-9,14-16,22H,1-3,10-13H2,(H,27,28,29);. The second-order valence-corrected chi connectivity index (χ2v) is 7.60. The minimum atomic E-state index is -2.84. The van der Waals surface area contributed by atoms with E-state index in [0.717, 1.165) is 35.5 Å². The molecule has 1 aliphatic heterocycles. The number of halogens is 2. The van der Waals surface area contributed by atoms with Crippen molar-refractivity contribution in [2.45, 2.75) is 32.3 Å². The second-order valence-electron chi connectivity index (χ2n) is 7.60. The lowest BCUT2D eigenvalue weighted by Crippen LogP contribution is -2.31. The van der Waals surface area contributed by atoms with Crippen molar-refractivity contribution in [3.8, 4) is 16.9 Å². The number of piperidine rings is 1. The molecule has 10 heteroatoms. The molecule has 3 aromatic rings. The van der Waals surface area contributed by atoms with Gasteiger partial charge in [0, 0.05) is 36.6 Å². The number of nitrogens with zero attached hydrogens (tertiary/aromatic N) is 4. The van der Waals surface area contributed by atoms with E-state index >= 15 is 0 Å². The topological polar surface area (TPSA) is 97.3 Å². The number of aromatic nitrogens is 3. The van der Waals surface area contributed by atoms with Crippen LogP contribution in [0, 0.1) is 0 Å². The summed E-state index contributed by atoms with van der Waals surface area (Å²) < 4.78 is 28.9. The summed E-state index contributed by atoms with van der Waals surface area (Å²) in [6.45, 7) is 0.610. The molecule has 1 aliphatic rings. The van der Waals surface area contributed by atoms with E-state index in [1.807, 2.05) is 12.1 Å². The maximum Gasteiger partial charge on any atom is 0.387 e. The lowest BCUT2D eigenvalue weighted by Gasteiger charge is -2.26. The molecule has 178 valence electrons. The summed E-state index contributed by atoms with van der Waals surface area (Å²) in [5.74, 6) is 0.578. The molecule has 8 nitrogen and oxygen atoms in total. The number of ether oxygens (including phenoxy) is 1. The monoisotopic (exact) mass is 469 g/mol. The summed E-state index contributed by atoms with van der Waals surface area (Å²) in [6.07, 6.45) is 10.3. The van der Waals surface area contributed by atoms with Gasteiger partial charge >= 0.3 is 12.8 Å². The Labute approximate surface area is 196 Å². The van der Waals surface area contributed by atoms with E-state index in [1.54, 1.807) is 30.7 Å². The summed E-state index contributed by atoms with van der Waals surface area (Å²) in [5, 5.41) is 3.15. The van der Waals surface area contributed by atoms with Crippen molar-refractivity contribution in [1.29, 1.82) is 0 Å². The molecule has 0 radical (unpaired) electrons. The van der Waals surface area contributed by atoms with Crippen LogP contribution < -0.4 is 10.1 Å². The smallest absolute Gasteiger partial charge is 0.387 e. The van der Waals surface area contributed by atoms with Gasteiger partial charge in [-0.2, -0.15) is 18.4 Å². The number of anilines is 2. The molecule has 0 spiro atoms. The van der Waals surface area contributed by atoms with Crippen molar-refractivity contribution in [2.75, 3.05) is 25.0 Å². The molecule has 3 heterocycles. The fourth-order valence-electron chi connectivity index (χ4n) is 3.60. The van der Waals surface area contributed by atoms with Gasteiger partial charge in [0.05, 0.1) is 11.9 Å². The van der Waals surface area contributed by atoms with Gasteiger partial charge in [-0.25, -0.2) is 9.97 Å². The van der Waals surface area contributed by atoms with Gasteiger partial charge < -0.3 is 15.0 Å². The van der Waals surface area contributed by atoms with E-state index in [9.17, 15) is 8.78 Å². The highest BCUT2D eigenvalue weighted by atomic mass is 19.3. The van der Waals surface area contributed by atoms with Gasteiger partial charge in [-0.1, -0.05) is 18.6 Å². The fraction of sp³-hybridized carbons (Fsp3) is 0.333. The van der Waals surface area contributed by atoms with Gasteiger partial charge in [-0.15, -0.1) is 0 Å². The summed E-state index contributed by atoms with van der Waals surface area (Å²) >= 11 is 0. The normalized spacial score (nSPS) is 13.5. The lowest BCUT2D eigenvalue weighted by atomic mass is 10.1. The zero-order chi connectivity index (χ0) is 24.2. The number of likely N-dealkylation sites (tertiary alicyclic amines) is 1. The van der Waals surface area contributed by atoms with Crippen LogP contribution in [-0.4, -0.2) is 52.2 Å². The number of rotatable bonds is 8. The fourth-order valence-corrected chi connectivity index (χ4v) is 3.60. The van der Waals surface area contributed by atoms with E-state index in [0.29, 0.717) is 5.95 Å². The molecule has 2 aromatic heterocycles. The number of hydrogen-bond acceptors (Lipinski definition) is 8. The minimum absolute atomic E-state index is 0.116. The van der Waals surface area contributed by atoms with Gasteiger partial charge in [0.15, 0.2) is 0 Å². The first-order valence-electron chi connectivity index (χ1n) is 10.9. The number of nitrogens with one attached hydrogen (secondary N) is 1. The summed E-state index contributed by atoms with van der Waals surface area (Å²) in [5.41, 5.74) is 3.49. The highest BCUT2D eigenvalue weighted by Crippen LogP contribution is 2.23. The van der Waals surface area contributed by atoms with Crippen LogP contribution in [0.15, 0.2) is 55.0 Å². The van der Waals surface area contributed by atoms with E-state index in [2.05, 4.69) is 29.9 Å². The van der Waals surface area contributed by atoms with Crippen molar-refractivity contribution < 1.29 is 23.1 Å². The number of carbonyl (C=O) groups excluding carboxylic acids is 2. The summed E-state index contributed by atoms with van der Waals surface area (Å²) in [4.78, 5) is 32.0. The van der Waals surface area contributed by atoms with Crippen LogP contribution in [0.3, 0.4) is 0 Å². The third-order valence-electron chi connectivity index (χ3n) is 5.28. The molecule has 4 rings (SSSR count). The molecule has 1 saturated heterocycles. The van der Waals surface area contributed by atoms with Crippen LogP contribution in [0.2, 0.25) is 0 Å². The molecule has 0 bridgehead atoms. The van der Waals surface area contributed by atoms with Crippen LogP contribution in [0.5, 0.6) is 5.75 Å². The molecule has 1 N–H and O–H groups in total. The van der Waals surface area contributed by atoms with Crippen LogP contribution in [0.25, 0.3) is 11.1 Å². The van der Waals surface area contributed by atoms with Gasteiger partial charge in [0.2, 0.25) is 5.95 Å². The Kier molecular flexibility index (Phi) is 9.57. The van der Waals surface area contributed by atoms with Crippen LogP contribution in [0.4, 0.5) is 20.4 Å². The summed E-state index contributed by atoms with van der Waals surface area (Å²) in [6, 6.07) is 10.4. The molecule has 0 atom stereocenters. The summed E-state index contributed by atoms with van der Waals surface area (Å²) in [7, 11) is 0. The second kappa shape index (κ2) is 13.1. The Morgan fingerprint density at radius 2 is 1.59 bits per heavy atom. The molecule has 0 unspecified atom stereocenters. The van der Waals surface area contributed by atoms with Crippen molar-refractivity contribution in [1.82, 2.24) is 19.9 Å². The minimum Gasteiger partial charge on any atom is -0.435 e. The Morgan fingerprint density at radius 3 is 2.18 bits per heavy atom. The number of alkyl halides is 2. The quantitative estimate of drug-likeness (QED) is 0.521.